The number of nitrogens with one attached hydrogen (secondary N) is 8. The first-order valence-corrected chi connectivity index (χ1v) is 33.1. The van der Waals surface area contributed by atoms with Crippen LogP contribution in [0.4, 0.5) is 4.79 Å². The lowest BCUT2D eigenvalue weighted by Gasteiger charge is -2.23. The molecule has 0 spiro atoms. The number of amides is 8. The molecule has 0 aromatic rings. The smallest absolute Gasteiger partial charge is 0.407 e. The van der Waals surface area contributed by atoms with E-state index in [0.717, 1.165) is 19.3 Å². The van der Waals surface area contributed by atoms with Gasteiger partial charge in [0.25, 0.3) is 0 Å². The molecular weight excluding hydrogens is 1200 g/mol. The highest BCUT2D eigenvalue weighted by Crippen LogP contribution is 2.13. The summed E-state index contributed by atoms with van der Waals surface area (Å²) in [5, 5.41) is 21.1. The number of ether oxygens (including phenoxy) is 6. The zero-order chi connectivity index (χ0) is 69.3. The van der Waals surface area contributed by atoms with Crippen LogP contribution in [-0.4, -0.2) is 171 Å². The Hall–Kier alpha value is -7.13. The number of nitrogens with two attached hydrogens (primary N) is 1. The van der Waals surface area contributed by atoms with E-state index in [4.69, 9.17) is 34.2 Å². The summed E-state index contributed by atoms with van der Waals surface area (Å²) in [7, 11) is 0. The molecule has 0 aromatic carbocycles. The van der Waals surface area contributed by atoms with Crippen LogP contribution in [0.1, 0.15) is 236 Å². The highest BCUT2D eigenvalue weighted by atomic mass is 16.6. The molecule has 0 aromatic heterocycles. The van der Waals surface area contributed by atoms with Gasteiger partial charge in [0.2, 0.25) is 41.4 Å². The van der Waals surface area contributed by atoms with Crippen LogP contribution >= 0.6 is 0 Å². The van der Waals surface area contributed by atoms with Crippen LogP contribution in [0.5, 0.6) is 0 Å². The molecule has 28 nitrogen and oxygen atoms in total. The summed E-state index contributed by atoms with van der Waals surface area (Å²) in [6.45, 7) is 18.5. The Labute approximate surface area is 544 Å². The molecule has 0 bridgehead atoms. The molecule has 0 aliphatic heterocycles. The first-order valence-electron chi connectivity index (χ1n) is 33.1. The number of alkyl carbamates (subject to hydrolysis) is 1. The van der Waals surface area contributed by atoms with Gasteiger partial charge < -0.3 is 76.7 Å². The summed E-state index contributed by atoms with van der Waals surface area (Å²) in [6.07, 6.45) is 5.79. The molecule has 0 aliphatic carbocycles. The van der Waals surface area contributed by atoms with Crippen LogP contribution in [0.25, 0.3) is 0 Å². The number of carbonyl (C=O) groups excluding carboxylic acids is 13. The normalized spacial score (nSPS) is 12.8. The first-order chi connectivity index (χ1) is 43.6. The Balaban J connectivity index is 6.27. The van der Waals surface area contributed by atoms with Gasteiger partial charge in [0, 0.05) is 45.2 Å². The van der Waals surface area contributed by atoms with E-state index in [1.165, 1.54) is 0 Å². The average Bonchev–Trinajstić information content (AvgIpc) is 2.31. The van der Waals surface area contributed by atoms with E-state index in [9.17, 15) is 62.3 Å². The Kier molecular flexibility index (Phi) is 46.5. The van der Waals surface area contributed by atoms with Crippen LogP contribution in [0.2, 0.25) is 0 Å². The Bertz CT molecular complexity index is 2260. The lowest BCUT2D eigenvalue weighted by atomic mass is 10.1. The van der Waals surface area contributed by atoms with Gasteiger partial charge in [-0.05, 0) is 144 Å². The molecule has 0 aliphatic rings. The molecule has 10 N–H and O–H groups in total. The van der Waals surface area contributed by atoms with E-state index in [2.05, 4.69) is 42.5 Å². The Morgan fingerprint density at radius 2 is 0.761 bits per heavy atom. The third-order valence-electron chi connectivity index (χ3n) is 13.4. The van der Waals surface area contributed by atoms with Crippen molar-refractivity contribution in [3.63, 3.8) is 0 Å². The minimum Gasteiger partial charge on any atom is -0.466 e. The van der Waals surface area contributed by atoms with Gasteiger partial charge in [0.1, 0.15) is 41.4 Å². The molecule has 0 heterocycles. The second-order valence-electron chi connectivity index (χ2n) is 24.5. The van der Waals surface area contributed by atoms with Crippen LogP contribution in [0.3, 0.4) is 0 Å². The predicted molar refractivity (Wildman–Crippen MR) is 341 cm³/mol. The van der Waals surface area contributed by atoms with Gasteiger partial charge in [0.15, 0.2) is 0 Å². The second-order valence-corrected chi connectivity index (χ2v) is 24.5. The van der Waals surface area contributed by atoms with E-state index in [1.54, 1.807) is 41.5 Å². The van der Waals surface area contributed by atoms with Crippen molar-refractivity contribution < 1.29 is 90.8 Å². The quantitative estimate of drug-likeness (QED) is 0.0223. The van der Waals surface area contributed by atoms with Gasteiger partial charge in [-0.15, -0.1) is 0 Å². The van der Waals surface area contributed by atoms with Crippen molar-refractivity contribution in [3.05, 3.63) is 0 Å². The summed E-state index contributed by atoms with van der Waals surface area (Å²) in [5.41, 5.74) is 4.19. The molecule has 8 amide bonds. The Morgan fingerprint density at radius 3 is 1.27 bits per heavy atom. The summed E-state index contributed by atoms with van der Waals surface area (Å²) < 4.78 is 31.8. The van der Waals surface area contributed by atoms with E-state index in [0.29, 0.717) is 77.2 Å². The van der Waals surface area contributed by atoms with Crippen molar-refractivity contribution in [1.29, 1.82) is 0 Å². The molecule has 0 saturated heterocycles. The van der Waals surface area contributed by atoms with Crippen molar-refractivity contribution in [3.8, 4) is 0 Å². The third kappa shape index (κ3) is 46.0. The van der Waals surface area contributed by atoms with E-state index < -0.39 is 132 Å². The van der Waals surface area contributed by atoms with Crippen molar-refractivity contribution >= 4 is 77.3 Å². The van der Waals surface area contributed by atoms with Gasteiger partial charge in [-0.1, -0.05) is 59.8 Å². The molecule has 5 unspecified atom stereocenters. The van der Waals surface area contributed by atoms with Crippen molar-refractivity contribution in [2.75, 3.05) is 52.6 Å². The van der Waals surface area contributed by atoms with Gasteiger partial charge in [0.05, 0.1) is 39.4 Å². The number of esters is 5. The van der Waals surface area contributed by atoms with E-state index in [-0.39, 0.29) is 110 Å². The summed E-state index contributed by atoms with van der Waals surface area (Å²) in [4.78, 5) is 171. The molecule has 28 heteroatoms. The number of carbonyl (C=O) groups is 13. The maximum atomic E-state index is 14.1. The van der Waals surface area contributed by atoms with Crippen LogP contribution < -0.4 is 48.3 Å². The summed E-state index contributed by atoms with van der Waals surface area (Å²) in [5.74, 6) is -8.01. The monoisotopic (exact) mass is 1310 g/mol. The summed E-state index contributed by atoms with van der Waals surface area (Å²) >= 11 is 0. The number of hydrogen-bond acceptors (Lipinski definition) is 20. The SMILES string of the molecule is CCCCOC(=O)CCC(NC(=O)CCC(NC(=O)CCCCCNC(=O)C(CCCCNC(=O)OC(C)(C)C)NC(=O)CNC(=O)C(CCCCN)NC(=O)CCC(=O)OC(C)(C)C)C(=O)NC(CCC(=O)OCCCC)C(=O)OCCCC)C(=O)OCCCC. The van der Waals surface area contributed by atoms with Crippen LogP contribution in [0, 0.1) is 0 Å². The fourth-order valence-electron chi connectivity index (χ4n) is 8.35. The highest BCUT2D eigenvalue weighted by molar-refractivity contribution is 5.94. The lowest BCUT2D eigenvalue weighted by molar-refractivity contribution is -0.156. The van der Waals surface area contributed by atoms with Crippen LogP contribution in [-0.2, 0) is 86.0 Å². The molecule has 0 fully saturated rings. The zero-order valence-corrected chi connectivity index (χ0v) is 56.8. The first kappa shape index (κ1) is 84.9. The molecule has 0 rings (SSSR count). The van der Waals surface area contributed by atoms with Crippen molar-refractivity contribution in [2.24, 2.45) is 5.73 Å². The Morgan fingerprint density at radius 1 is 0.348 bits per heavy atom. The molecule has 5 atom stereocenters. The largest absolute Gasteiger partial charge is 0.466 e. The zero-order valence-electron chi connectivity index (χ0n) is 56.8. The van der Waals surface area contributed by atoms with E-state index >= 15 is 0 Å². The predicted octanol–water partition coefficient (Wildman–Crippen LogP) is 4.86. The van der Waals surface area contributed by atoms with E-state index in [1.807, 2.05) is 27.7 Å². The molecule has 528 valence electrons. The van der Waals surface area contributed by atoms with Crippen molar-refractivity contribution in [2.45, 2.75) is 278 Å². The van der Waals surface area contributed by atoms with Gasteiger partial charge in [-0.2, -0.15) is 0 Å². The highest BCUT2D eigenvalue weighted by Gasteiger charge is 2.31. The second kappa shape index (κ2) is 50.4. The molecule has 0 radical (unpaired) electrons. The number of rotatable bonds is 51. The maximum absolute atomic E-state index is 14.1. The number of hydrogen-bond donors (Lipinski definition) is 9. The summed E-state index contributed by atoms with van der Waals surface area (Å²) in [6, 6.07) is -6.14. The van der Waals surface area contributed by atoms with Gasteiger partial charge in [-0.25, -0.2) is 14.4 Å². The number of unbranched alkanes of at least 4 members (excludes halogenated alkanes) is 8. The van der Waals surface area contributed by atoms with Crippen LogP contribution in [0.15, 0.2) is 0 Å². The minimum absolute atomic E-state index is 0.0459. The van der Waals surface area contributed by atoms with Gasteiger partial charge in [-0.3, -0.25) is 47.9 Å². The molecular formula is C64H113N9O19. The fraction of sp³-hybridized carbons (Fsp3) is 0.797. The third-order valence-corrected chi connectivity index (χ3v) is 13.4. The average molecular weight is 1310 g/mol. The molecule has 92 heavy (non-hydrogen) atoms. The minimum atomic E-state index is -1.42. The van der Waals surface area contributed by atoms with Gasteiger partial charge >= 0.3 is 35.9 Å². The van der Waals surface area contributed by atoms with Crippen molar-refractivity contribution in [1.82, 2.24) is 42.5 Å². The molecule has 0 saturated carbocycles. The fourth-order valence-corrected chi connectivity index (χ4v) is 8.35. The maximum Gasteiger partial charge on any atom is 0.407 e. The lowest BCUT2D eigenvalue weighted by Crippen LogP contribution is -2.52. The topological polar surface area (TPSA) is 400 Å². The standard InChI is InChI=1S/C64H113N9O19/c1-11-15-40-87-54(78)34-30-48(60(84)89-42-17-13-3)72-51(75)32-29-47(59(83)73-49(61(85)90-43-18-14-4)31-35-55(79)88-41-16-12-2)70-50(74)28-20-19-24-38-66-57(81)45(27-22-25-39-67-62(86)92-64(8,9)10)71-53(77)44-68-58(82)46(26-21-23-37-65)69-52(76)33-36-56(80)91-63(5,6)7/h45-49H,11-44,65H2,1-10H3,(H,66,81)(H,67,86)(H,68,82)(H,69,76)(H,70,74)(H,71,77)(H,72,75)(H,73,83).